The van der Waals surface area contributed by atoms with Gasteiger partial charge < -0.3 is 14.8 Å². The van der Waals surface area contributed by atoms with E-state index in [1.54, 1.807) is 38.1 Å². The van der Waals surface area contributed by atoms with Gasteiger partial charge in [0.15, 0.2) is 17.6 Å². The summed E-state index contributed by atoms with van der Waals surface area (Å²) in [5, 5.41) is 11.5. The number of halogens is 1. The van der Waals surface area contributed by atoms with Gasteiger partial charge in [-0.1, -0.05) is 6.07 Å². The lowest BCUT2D eigenvalue weighted by Gasteiger charge is -2.17. The van der Waals surface area contributed by atoms with Crippen molar-refractivity contribution in [3.63, 3.8) is 0 Å². The van der Waals surface area contributed by atoms with Gasteiger partial charge in [0, 0.05) is 11.8 Å². The molecule has 0 aliphatic heterocycles. The number of rotatable bonds is 5. The fourth-order valence-corrected chi connectivity index (χ4v) is 1.99. The second kappa shape index (κ2) is 7.47. The van der Waals surface area contributed by atoms with Crippen molar-refractivity contribution < 1.29 is 18.7 Å². The van der Waals surface area contributed by atoms with Crippen molar-refractivity contribution in [1.82, 2.24) is 0 Å². The van der Waals surface area contributed by atoms with Crippen molar-refractivity contribution in [1.29, 1.82) is 5.26 Å². The number of nitriles is 1. The van der Waals surface area contributed by atoms with Gasteiger partial charge in [0.25, 0.3) is 5.91 Å². The smallest absolute Gasteiger partial charge is 0.265 e. The normalized spacial score (nSPS) is 11.3. The van der Waals surface area contributed by atoms with E-state index in [0.717, 1.165) is 0 Å². The van der Waals surface area contributed by atoms with Gasteiger partial charge in [-0.15, -0.1) is 0 Å². The zero-order chi connectivity index (χ0) is 17.7. The van der Waals surface area contributed by atoms with E-state index >= 15 is 0 Å². The van der Waals surface area contributed by atoms with Crippen LogP contribution >= 0.6 is 0 Å². The lowest BCUT2D eigenvalue weighted by molar-refractivity contribution is -0.122. The molecule has 0 bridgehead atoms. The molecule has 6 heteroatoms. The van der Waals surface area contributed by atoms with Crippen molar-refractivity contribution in [3.05, 3.63) is 53.3 Å². The molecule has 1 atom stereocenters. The molecular formula is C18H17FN2O3. The summed E-state index contributed by atoms with van der Waals surface area (Å²) in [4.78, 5) is 12.2. The van der Waals surface area contributed by atoms with Crippen LogP contribution in [0.5, 0.6) is 11.5 Å². The fraction of sp³-hybridized carbons (Fsp3) is 0.222. The van der Waals surface area contributed by atoms with E-state index in [-0.39, 0.29) is 0 Å². The van der Waals surface area contributed by atoms with E-state index < -0.39 is 17.8 Å². The molecular weight excluding hydrogens is 311 g/mol. The van der Waals surface area contributed by atoms with Gasteiger partial charge in [-0.25, -0.2) is 4.39 Å². The van der Waals surface area contributed by atoms with E-state index in [9.17, 15) is 9.18 Å². The highest BCUT2D eigenvalue weighted by molar-refractivity contribution is 5.94. The Morgan fingerprint density at radius 2 is 2.00 bits per heavy atom. The number of hydrogen-bond donors (Lipinski definition) is 1. The quantitative estimate of drug-likeness (QED) is 0.913. The molecule has 2 aromatic rings. The van der Waals surface area contributed by atoms with E-state index in [1.165, 1.54) is 19.2 Å². The van der Waals surface area contributed by atoms with E-state index in [1.807, 2.05) is 6.07 Å². The van der Waals surface area contributed by atoms with Gasteiger partial charge >= 0.3 is 0 Å². The molecule has 0 spiro atoms. The molecule has 0 saturated heterocycles. The van der Waals surface area contributed by atoms with Crippen LogP contribution in [-0.2, 0) is 4.79 Å². The summed E-state index contributed by atoms with van der Waals surface area (Å²) in [5.41, 5.74) is 1.27. The van der Waals surface area contributed by atoms with Crippen LogP contribution in [0.2, 0.25) is 0 Å². The Hall–Kier alpha value is -3.07. The molecule has 0 saturated carbocycles. The van der Waals surface area contributed by atoms with Gasteiger partial charge in [-0.05, 0) is 43.7 Å². The van der Waals surface area contributed by atoms with Crippen LogP contribution in [-0.4, -0.2) is 19.1 Å². The van der Waals surface area contributed by atoms with Gasteiger partial charge in [0.2, 0.25) is 0 Å². The van der Waals surface area contributed by atoms with Gasteiger partial charge in [-0.3, -0.25) is 4.79 Å². The summed E-state index contributed by atoms with van der Waals surface area (Å²) in [5.74, 6) is -0.121. The van der Waals surface area contributed by atoms with Gasteiger partial charge in [0.1, 0.15) is 5.82 Å². The lowest BCUT2D eigenvalue weighted by atomic mass is 10.2. The number of benzene rings is 2. The molecule has 0 aliphatic carbocycles. The molecule has 0 fully saturated rings. The minimum Gasteiger partial charge on any atom is -0.493 e. The van der Waals surface area contributed by atoms with Crippen LogP contribution in [0.1, 0.15) is 18.1 Å². The topological polar surface area (TPSA) is 71.3 Å². The zero-order valence-corrected chi connectivity index (χ0v) is 13.6. The van der Waals surface area contributed by atoms with Crippen molar-refractivity contribution in [2.24, 2.45) is 0 Å². The van der Waals surface area contributed by atoms with Crippen LogP contribution in [0.15, 0.2) is 36.4 Å². The van der Waals surface area contributed by atoms with Crippen LogP contribution in [0.25, 0.3) is 0 Å². The van der Waals surface area contributed by atoms with Gasteiger partial charge in [-0.2, -0.15) is 5.26 Å². The Morgan fingerprint density at radius 3 is 2.62 bits per heavy atom. The van der Waals surface area contributed by atoms with E-state index in [4.69, 9.17) is 14.7 Å². The predicted molar refractivity (Wildman–Crippen MR) is 87.6 cm³/mol. The standard InChI is InChI=1S/C18H17FN2O3/c1-11-4-6-14(9-15(11)19)21-18(22)12(2)24-16-7-5-13(10-20)8-17(16)23-3/h4-9,12H,1-3H3,(H,21,22)/t12-/m0/s1. The highest BCUT2D eigenvalue weighted by Gasteiger charge is 2.17. The van der Waals surface area contributed by atoms with Crippen molar-refractivity contribution in [2.45, 2.75) is 20.0 Å². The Bertz CT molecular complexity index is 799. The number of carbonyl (C=O) groups excluding carboxylic acids is 1. The van der Waals surface area contributed by atoms with Crippen LogP contribution in [0.4, 0.5) is 10.1 Å². The first-order chi connectivity index (χ1) is 11.4. The number of nitrogens with zero attached hydrogens (tertiary/aromatic N) is 1. The molecule has 1 N–H and O–H groups in total. The monoisotopic (exact) mass is 328 g/mol. The molecule has 0 heterocycles. The molecule has 2 aromatic carbocycles. The molecule has 1 amide bonds. The maximum absolute atomic E-state index is 13.5. The molecule has 2 rings (SSSR count). The zero-order valence-electron chi connectivity index (χ0n) is 13.6. The minimum absolute atomic E-state index is 0.342. The van der Waals surface area contributed by atoms with Crippen molar-refractivity contribution in [3.8, 4) is 17.6 Å². The summed E-state index contributed by atoms with van der Waals surface area (Å²) in [7, 11) is 1.45. The van der Waals surface area contributed by atoms with Crippen LogP contribution in [0, 0.1) is 24.1 Å². The largest absolute Gasteiger partial charge is 0.493 e. The maximum atomic E-state index is 13.5. The minimum atomic E-state index is -0.837. The number of ether oxygens (including phenoxy) is 2. The molecule has 24 heavy (non-hydrogen) atoms. The molecule has 0 aliphatic rings. The third kappa shape index (κ3) is 4.02. The summed E-state index contributed by atoms with van der Waals surface area (Å²) >= 11 is 0. The Morgan fingerprint density at radius 1 is 1.25 bits per heavy atom. The number of methoxy groups -OCH3 is 1. The summed E-state index contributed by atoms with van der Waals surface area (Å²) in [6, 6.07) is 11.1. The highest BCUT2D eigenvalue weighted by Crippen LogP contribution is 2.29. The average molecular weight is 328 g/mol. The lowest BCUT2D eigenvalue weighted by Crippen LogP contribution is -2.30. The maximum Gasteiger partial charge on any atom is 0.265 e. The number of nitrogens with one attached hydrogen (secondary N) is 1. The van der Waals surface area contributed by atoms with Crippen LogP contribution < -0.4 is 14.8 Å². The SMILES string of the molecule is COc1cc(C#N)ccc1O[C@@H](C)C(=O)Nc1ccc(C)c(F)c1. The third-order valence-electron chi connectivity index (χ3n) is 3.41. The first kappa shape index (κ1) is 17.3. The summed E-state index contributed by atoms with van der Waals surface area (Å²) in [6.45, 7) is 3.21. The summed E-state index contributed by atoms with van der Waals surface area (Å²) < 4.78 is 24.3. The highest BCUT2D eigenvalue weighted by atomic mass is 19.1. The molecule has 0 aromatic heterocycles. The Labute approximate surface area is 139 Å². The number of amides is 1. The number of aryl methyl sites for hydroxylation is 1. The Kier molecular flexibility index (Phi) is 5.38. The van der Waals surface area contributed by atoms with Gasteiger partial charge in [0.05, 0.1) is 18.7 Å². The molecule has 124 valence electrons. The van der Waals surface area contributed by atoms with Crippen LogP contribution in [0.3, 0.4) is 0 Å². The van der Waals surface area contributed by atoms with E-state index in [2.05, 4.69) is 5.32 Å². The summed E-state index contributed by atoms with van der Waals surface area (Å²) in [6.07, 6.45) is -0.837. The van der Waals surface area contributed by atoms with E-state index in [0.29, 0.717) is 28.3 Å². The third-order valence-corrected chi connectivity index (χ3v) is 3.41. The second-order valence-electron chi connectivity index (χ2n) is 5.19. The number of carbonyl (C=O) groups is 1. The molecule has 5 nitrogen and oxygen atoms in total. The Balaban J connectivity index is 2.09. The molecule has 0 unspecified atom stereocenters. The first-order valence-electron chi connectivity index (χ1n) is 7.26. The van der Waals surface area contributed by atoms with Crippen molar-refractivity contribution >= 4 is 11.6 Å². The fourth-order valence-electron chi connectivity index (χ4n) is 1.99. The number of anilines is 1. The average Bonchev–Trinajstić information content (AvgIpc) is 2.58. The van der Waals surface area contributed by atoms with Crippen molar-refractivity contribution in [2.75, 3.05) is 12.4 Å². The predicted octanol–water partition coefficient (Wildman–Crippen LogP) is 3.42. The number of hydrogen-bond acceptors (Lipinski definition) is 4. The molecule has 0 radical (unpaired) electrons. The first-order valence-corrected chi connectivity index (χ1v) is 7.26. The second-order valence-corrected chi connectivity index (χ2v) is 5.19.